The minimum absolute atomic E-state index is 0.876. The largest absolute Gasteiger partial charge is 0.456 e. The van der Waals surface area contributed by atoms with Gasteiger partial charge in [-0.25, -0.2) is 0 Å². The number of hydrogen-bond acceptors (Lipinski definition) is 3. The number of furan rings is 1. The molecule has 3 heteroatoms. The first-order valence-electron chi connectivity index (χ1n) is 21.5. The van der Waals surface area contributed by atoms with E-state index in [-0.39, 0.29) is 0 Å². The first-order valence-corrected chi connectivity index (χ1v) is 22.3. The summed E-state index contributed by atoms with van der Waals surface area (Å²) in [5.41, 5.74) is 7.33. The second-order valence-corrected chi connectivity index (χ2v) is 17.4. The minimum atomic E-state index is 0.876. The fourth-order valence-electron chi connectivity index (χ4n) is 10.0. The molecule has 13 rings (SSSR count). The van der Waals surface area contributed by atoms with Gasteiger partial charge in [-0.3, -0.25) is 0 Å². The highest BCUT2D eigenvalue weighted by Gasteiger charge is 2.19. The molecule has 2 heterocycles. The Balaban J connectivity index is 1.20. The van der Waals surface area contributed by atoms with Crippen LogP contribution in [-0.4, -0.2) is 0 Å². The summed E-state index contributed by atoms with van der Waals surface area (Å²) in [5.74, 6) is 0. The monoisotopic (exact) mass is 819 g/mol. The molecule has 0 saturated heterocycles. The predicted octanol–water partition coefficient (Wildman–Crippen LogP) is 18.0. The second kappa shape index (κ2) is 14.3. The van der Waals surface area contributed by atoms with Gasteiger partial charge in [0.05, 0.1) is 0 Å². The molecule has 0 spiro atoms. The van der Waals surface area contributed by atoms with E-state index in [0.717, 1.165) is 39.0 Å². The highest BCUT2D eigenvalue weighted by Crippen LogP contribution is 2.46. The zero-order valence-electron chi connectivity index (χ0n) is 34.1. The van der Waals surface area contributed by atoms with Crippen LogP contribution in [0.5, 0.6) is 0 Å². The molecule has 294 valence electrons. The summed E-state index contributed by atoms with van der Waals surface area (Å²) in [5, 5.41) is 17.0. The number of para-hydroxylation sites is 1. The van der Waals surface area contributed by atoms with Gasteiger partial charge in [0.15, 0.2) is 0 Å². The lowest BCUT2D eigenvalue weighted by atomic mass is 9.92. The molecule has 2 aromatic heterocycles. The Hall–Kier alpha value is -7.98. The van der Waals surface area contributed by atoms with Crippen molar-refractivity contribution < 1.29 is 4.42 Å². The van der Waals surface area contributed by atoms with Crippen LogP contribution in [0.4, 0.5) is 17.1 Å². The third kappa shape index (κ3) is 5.71. The van der Waals surface area contributed by atoms with Crippen molar-refractivity contribution in [3.05, 3.63) is 224 Å². The van der Waals surface area contributed by atoms with Crippen molar-refractivity contribution in [1.29, 1.82) is 0 Å². The van der Waals surface area contributed by atoms with Gasteiger partial charge in [-0.15, -0.1) is 11.3 Å². The maximum Gasteiger partial charge on any atom is 0.135 e. The van der Waals surface area contributed by atoms with Crippen LogP contribution < -0.4 is 4.90 Å². The van der Waals surface area contributed by atoms with E-state index >= 15 is 0 Å². The summed E-state index contributed by atoms with van der Waals surface area (Å²) in [7, 11) is 0. The van der Waals surface area contributed by atoms with Crippen LogP contribution in [0.15, 0.2) is 229 Å². The van der Waals surface area contributed by atoms with E-state index in [2.05, 4.69) is 223 Å². The molecule has 0 atom stereocenters. The number of rotatable bonds is 4. The molecule has 11 aromatic carbocycles. The quantitative estimate of drug-likeness (QED) is 0.176. The van der Waals surface area contributed by atoms with Gasteiger partial charge in [-0.05, 0) is 126 Å². The molecular formula is C60H37NOS. The zero-order chi connectivity index (χ0) is 41.4. The number of hydrogen-bond donors (Lipinski definition) is 0. The molecule has 0 bridgehead atoms. The number of thiophene rings is 1. The SMILES string of the molecule is c1ccc(-c2ccc(N(c3ccc4oc5ccccc5c4c3)c3ccc4c5ccccc5c5ccccc5c5ccccc5c5c(ccc6sc7ccccc7c65)c4c3)cc2)cc1. The highest BCUT2D eigenvalue weighted by atomic mass is 32.1. The van der Waals surface area contributed by atoms with Gasteiger partial charge in [0.1, 0.15) is 11.2 Å². The van der Waals surface area contributed by atoms with Crippen molar-refractivity contribution in [3.63, 3.8) is 0 Å². The standard InChI is InChI=1S/C60H37NOS/c1-2-14-38(15-3-1)39-26-28-40(29-27-39)61(42-31-34-56-54(37-42)49-21-10-12-24-55(49)62-56)41-30-32-48-46-19-7-5-17-44(46)43-16-4-6-18-45(43)47-20-8-9-22-50(47)59-51(53(48)36-41)33-35-58-60(59)52-23-11-13-25-57(52)63-58/h1-37H. The summed E-state index contributed by atoms with van der Waals surface area (Å²) in [4.78, 5) is 2.41. The molecule has 0 aliphatic carbocycles. The molecule has 0 aliphatic heterocycles. The van der Waals surface area contributed by atoms with Crippen molar-refractivity contribution >= 4 is 124 Å². The Labute approximate surface area is 367 Å². The van der Waals surface area contributed by atoms with E-state index in [0.29, 0.717) is 0 Å². The molecular weight excluding hydrogens is 783 g/mol. The van der Waals surface area contributed by atoms with Gasteiger partial charge in [0, 0.05) is 48.0 Å². The van der Waals surface area contributed by atoms with Crippen molar-refractivity contribution in [2.75, 3.05) is 4.90 Å². The summed E-state index contributed by atoms with van der Waals surface area (Å²) in [6.07, 6.45) is 0. The van der Waals surface area contributed by atoms with Crippen LogP contribution in [0, 0.1) is 0 Å². The number of anilines is 3. The van der Waals surface area contributed by atoms with Gasteiger partial charge in [-0.1, -0.05) is 164 Å². The lowest BCUT2D eigenvalue weighted by Gasteiger charge is -2.26. The molecule has 0 saturated carbocycles. The smallest absolute Gasteiger partial charge is 0.135 e. The molecule has 0 aliphatic rings. The number of fused-ring (bicyclic) bond motifs is 17. The lowest BCUT2D eigenvalue weighted by molar-refractivity contribution is 0.669. The number of benzene rings is 10. The Kier molecular flexibility index (Phi) is 8.12. The van der Waals surface area contributed by atoms with E-state index in [1.54, 1.807) is 0 Å². The Morgan fingerprint density at radius 3 is 1.43 bits per heavy atom. The molecule has 13 aromatic rings. The van der Waals surface area contributed by atoms with Crippen LogP contribution in [0.1, 0.15) is 0 Å². The van der Waals surface area contributed by atoms with E-state index < -0.39 is 0 Å². The van der Waals surface area contributed by atoms with Crippen molar-refractivity contribution in [1.82, 2.24) is 0 Å². The molecule has 0 N–H and O–H groups in total. The van der Waals surface area contributed by atoms with Crippen molar-refractivity contribution in [2.24, 2.45) is 0 Å². The van der Waals surface area contributed by atoms with Crippen LogP contribution >= 0.6 is 11.3 Å². The third-order valence-electron chi connectivity index (χ3n) is 12.9. The molecule has 0 amide bonds. The van der Waals surface area contributed by atoms with Gasteiger partial charge < -0.3 is 9.32 Å². The topological polar surface area (TPSA) is 16.4 Å². The molecule has 0 fully saturated rings. The predicted molar refractivity (Wildman–Crippen MR) is 272 cm³/mol. The fourth-order valence-corrected chi connectivity index (χ4v) is 11.1. The fraction of sp³-hybridized carbons (Fsp3) is 0. The van der Waals surface area contributed by atoms with Crippen LogP contribution in [0.3, 0.4) is 0 Å². The lowest BCUT2D eigenvalue weighted by Crippen LogP contribution is -2.09. The minimum Gasteiger partial charge on any atom is -0.456 e. The number of nitrogens with zero attached hydrogens (tertiary/aromatic N) is 1. The Bertz CT molecular complexity index is 4030. The van der Waals surface area contributed by atoms with Crippen molar-refractivity contribution in [2.45, 2.75) is 0 Å². The van der Waals surface area contributed by atoms with Crippen LogP contribution in [0.2, 0.25) is 0 Å². The maximum atomic E-state index is 6.35. The Morgan fingerprint density at radius 2 is 0.730 bits per heavy atom. The van der Waals surface area contributed by atoms with E-state index in [1.165, 1.54) is 85.2 Å². The summed E-state index contributed by atoms with van der Waals surface area (Å²) in [6.45, 7) is 0. The third-order valence-corrected chi connectivity index (χ3v) is 14.0. The average molecular weight is 820 g/mol. The molecule has 0 radical (unpaired) electrons. The molecule has 0 unspecified atom stereocenters. The van der Waals surface area contributed by atoms with E-state index in [1.807, 2.05) is 17.4 Å². The first kappa shape index (κ1) is 35.7. The summed E-state index contributed by atoms with van der Waals surface area (Å²) >= 11 is 1.87. The van der Waals surface area contributed by atoms with E-state index in [4.69, 9.17) is 4.42 Å². The van der Waals surface area contributed by atoms with Gasteiger partial charge >= 0.3 is 0 Å². The summed E-state index contributed by atoms with van der Waals surface area (Å²) in [6, 6.07) is 82.2. The van der Waals surface area contributed by atoms with Gasteiger partial charge in [0.2, 0.25) is 0 Å². The average Bonchev–Trinajstić information content (AvgIpc) is 3.92. The normalized spacial score (nSPS) is 11.8. The van der Waals surface area contributed by atoms with Crippen molar-refractivity contribution in [3.8, 4) is 11.1 Å². The second-order valence-electron chi connectivity index (χ2n) is 16.4. The highest BCUT2D eigenvalue weighted by molar-refractivity contribution is 7.26. The first-order chi connectivity index (χ1) is 31.2. The summed E-state index contributed by atoms with van der Waals surface area (Å²) < 4.78 is 8.93. The van der Waals surface area contributed by atoms with E-state index in [9.17, 15) is 0 Å². The van der Waals surface area contributed by atoms with Crippen LogP contribution in [-0.2, 0) is 0 Å². The molecule has 2 nitrogen and oxygen atoms in total. The molecule has 63 heavy (non-hydrogen) atoms. The van der Waals surface area contributed by atoms with Gasteiger partial charge in [-0.2, -0.15) is 0 Å². The Morgan fingerprint density at radius 1 is 0.270 bits per heavy atom. The zero-order valence-corrected chi connectivity index (χ0v) is 34.9. The van der Waals surface area contributed by atoms with Gasteiger partial charge in [0.25, 0.3) is 0 Å². The van der Waals surface area contributed by atoms with Crippen LogP contribution in [0.25, 0.3) is 107 Å². The maximum absolute atomic E-state index is 6.35.